The molecule has 2 unspecified atom stereocenters. The second kappa shape index (κ2) is 3.67. The molecule has 0 fully saturated rings. The van der Waals surface area contributed by atoms with Gasteiger partial charge in [0.15, 0.2) is 0 Å². The summed E-state index contributed by atoms with van der Waals surface area (Å²) in [5.41, 5.74) is 0. The summed E-state index contributed by atoms with van der Waals surface area (Å²) in [6, 6.07) is 0. The average Bonchev–Trinajstić information content (AvgIpc) is 1.36. The average molecular weight is 130 g/mol. The molecule has 0 N–H and O–H groups in total. The molecule has 0 amide bonds. The van der Waals surface area contributed by atoms with Crippen LogP contribution >= 0.6 is 25.3 Å². The predicted octanol–water partition coefficient (Wildman–Crippen LogP) is 0.729. The van der Waals surface area contributed by atoms with Crippen molar-refractivity contribution >= 4 is 53.2 Å². The Balaban J connectivity index is 2.99. The molecule has 0 nitrogen and oxygen atoms in total. The molecule has 0 aliphatic rings. The molecular weight excluding hydrogens is 123 g/mol. The number of rotatable bonds is 1. The van der Waals surface area contributed by atoms with Gasteiger partial charge in [0.2, 0.25) is 0 Å². The summed E-state index contributed by atoms with van der Waals surface area (Å²) in [4.78, 5) is 0. The molecule has 0 bridgehead atoms. The van der Waals surface area contributed by atoms with Gasteiger partial charge in [-0.25, -0.2) is 0 Å². The third-order valence-electron chi connectivity index (χ3n) is 0.698. The van der Waals surface area contributed by atoms with Crippen LogP contribution in [0.3, 0.4) is 0 Å². The van der Waals surface area contributed by atoms with Crippen LogP contribution < -0.4 is 0 Å². The van der Waals surface area contributed by atoms with Gasteiger partial charge >= 0.3 is 67.9 Å². The van der Waals surface area contributed by atoms with E-state index in [1.165, 1.54) is 0 Å². The van der Waals surface area contributed by atoms with E-state index in [2.05, 4.69) is 32.2 Å². The van der Waals surface area contributed by atoms with Gasteiger partial charge in [-0.1, -0.05) is 0 Å². The molecule has 0 aliphatic heterocycles. The number of thiol groups is 2. The van der Waals surface area contributed by atoms with Gasteiger partial charge in [0.25, 0.3) is 0 Å². The fraction of sp³-hybridized carbons (Fsp3) is 1.00. The fourth-order valence-corrected chi connectivity index (χ4v) is 0. The summed E-state index contributed by atoms with van der Waals surface area (Å²) in [6.07, 6.45) is 0. The first-order valence-electron chi connectivity index (χ1n) is 2.00. The quantitative estimate of drug-likeness (QED) is 0.379. The van der Waals surface area contributed by atoms with E-state index in [4.69, 9.17) is 0 Å². The molecule has 0 aromatic heterocycles. The van der Waals surface area contributed by atoms with Crippen molar-refractivity contribution in [3.05, 3.63) is 0 Å². The molecule has 3 heteroatoms. The molecule has 0 aliphatic carbocycles. The Bertz CT molecular complexity index is 29.8. The van der Waals surface area contributed by atoms with E-state index in [0.717, 1.165) is 27.9 Å². The normalized spacial score (nSPS) is 20.2. The zero-order valence-electron chi connectivity index (χ0n) is 4.05. The van der Waals surface area contributed by atoms with Gasteiger partial charge in [-0.3, -0.25) is 0 Å². The Kier molecular flexibility index (Phi) is 4.71. The van der Waals surface area contributed by atoms with Gasteiger partial charge in [-0.05, 0) is 0 Å². The molecule has 0 saturated carbocycles. The summed E-state index contributed by atoms with van der Waals surface area (Å²) in [5, 5.41) is 0.472. The second-order valence-corrected chi connectivity index (χ2v) is 5.33. The predicted molar refractivity (Wildman–Crippen MR) is 37.0 cm³/mol. The zero-order valence-corrected chi connectivity index (χ0v) is 7.84. The topological polar surface area (TPSA) is 0 Å². The minimum absolute atomic E-state index is 0.472. The van der Waals surface area contributed by atoms with Crippen molar-refractivity contribution < 1.29 is 0 Å². The molecule has 2 atom stereocenters. The van der Waals surface area contributed by atoms with E-state index in [1.54, 1.807) is 0 Å². The second-order valence-electron chi connectivity index (χ2n) is 1.48. The first kappa shape index (κ1) is 7.70. The van der Waals surface area contributed by atoms with Crippen LogP contribution in [-0.4, -0.2) is 35.7 Å². The Labute approximate surface area is 67.3 Å². The molecule has 0 radical (unpaired) electrons. The third-order valence-corrected chi connectivity index (χ3v) is 3.39. The van der Waals surface area contributed by atoms with Crippen LogP contribution in [0.5, 0.6) is 0 Å². The Morgan fingerprint density at radius 2 is 1.67 bits per heavy atom. The first-order valence-corrected chi connectivity index (χ1v) is 4.19. The van der Waals surface area contributed by atoms with E-state index >= 15 is 0 Å². The molecule has 6 heavy (non-hydrogen) atoms. The molecular formula is C3H7NaS2. The maximum absolute atomic E-state index is 4.18. The van der Waals surface area contributed by atoms with Crippen LogP contribution in [0.25, 0.3) is 0 Å². The van der Waals surface area contributed by atoms with E-state index in [9.17, 15) is 0 Å². The van der Waals surface area contributed by atoms with E-state index in [1.807, 2.05) is 0 Å². The van der Waals surface area contributed by atoms with Crippen LogP contribution in [0.4, 0.5) is 0 Å². The van der Waals surface area contributed by atoms with Gasteiger partial charge in [0.05, 0.1) is 0 Å². The molecule has 0 rings (SSSR count). The van der Waals surface area contributed by atoms with Crippen molar-refractivity contribution in [2.75, 3.05) is 0 Å². The minimum atomic E-state index is 0.472. The van der Waals surface area contributed by atoms with Crippen molar-refractivity contribution in [1.82, 2.24) is 0 Å². The summed E-state index contributed by atoms with van der Waals surface area (Å²) in [5.74, 6) is 0. The molecule has 0 saturated heterocycles. The van der Waals surface area contributed by atoms with Crippen molar-refractivity contribution in [3.63, 3.8) is 0 Å². The Morgan fingerprint density at radius 1 is 1.50 bits per heavy atom. The third kappa shape index (κ3) is 3.88. The van der Waals surface area contributed by atoms with E-state index in [0.29, 0.717) is 7.75 Å². The summed E-state index contributed by atoms with van der Waals surface area (Å²) in [7, 11) is 0. The summed E-state index contributed by atoms with van der Waals surface area (Å²) in [6.45, 7) is 2.06. The molecule has 0 heterocycles. The first-order chi connectivity index (χ1) is 2.64. The van der Waals surface area contributed by atoms with Gasteiger partial charge in [0, 0.05) is 0 Å². The fourth-order valence-electron chi connectivity index (χ4n) is 0. The van der Waals surface area contributed by atoms with Crippen LogP contribution in [0, 0.1) is 0 Å². The molecule has 0 aromatic carbocycles. The molecule has 0 spiro atoms. The van der Waals surface area contributed by atoms with Crippen molar-refractivity contribution in [1.29, 1.82) is 0 Å². The van der Waals surface area contributed by atoms with Crippen molar-refractivity contribution in [2.45, 2.75) is 14.7 Å². The number of hydrogen-bond donors (Lipinski definition) is 2. The van der Waals surface area contributed by atoms with Crippen LogP contribution in [0.15, 0.2) is 0 Å². The van der Waals surface area contributed by atoms with E-state index in [-0.39, 0.29) is 0 Å². The van der Waals surface area contributed by atoms with Crippen molar-refractivity contribution in [3.8, 4) is 0 Å². The summed E-state index contributed by atoms with van der Waals surface area (Å²) < 4.78 is 0.549. The standard InChI is InChI=1S/C3H7S2.Na/c1-3(5)2-4;/h2-5H,1H3;. The molecule has 0 aromatic rings. The SMILES string of the molecule is CC(S)[CH]([Na])S. The maximum atomic E-state index is 4.18. The van der Waals surface area contributed by atoms with Gasteiger partial charge in [0.1, 0.15) is 0 Å². The Morgan fingerprint density at radius 3 is 1.67 bits per heavy atom. The monoisotopic (exact) mass is 130 g/mol. The summed E-state index contributed by atoms with van der Waals surface area (Å²) >= 11 is 9.47. The van der Waals surface area contributed by atoms with Gasteiger partial charge < -0.3 is 0 Å². The Hall–Kier alpha value is 1.70. The number of hydrogen-bond acceptors (Lipinski definition) is 2. The van der Waals surface area contributed by atoms with E-state index < -0.39 is 0 Å². The van der Waals surface area contributed by atoms with Crippen LogP contribution in [0.2, 0.25) is 0 Å². The van der Waals surface area contributed by atoms with Crippen molar-refractivity contribution in [2.24, 2.45) is 0 Å². The zero-order chi connectivity index (χ0) is 5.15. The van der Waals surface area contributed by atoms with Crippen LogP contribution in [0.1, 0.15) is 6.92 Å². The molecule has 32 valence electrons. The van der Waals surface area contributed by atoms with Gasteiger partial charge in [-0.2, -0.15) is 0 Å². The van der Waals surface area contributed by atoms with Gasteiger partial charge in [-0.15, -0.1) is 0 Å². The van der Waals surface area contributed by atoms with Crippen LogP contribution in [-0.2, 0) is 0 Å².